The molecule has 0 unspecified atom stereocenters. The molecular weight excluding hydrogens is 424 g/mol. The van der Waals surface area contributed by atoms with Gasteiger partial charge < -0.3 is 20.1 Å². The van der Waals surface area contributed by atoms with E-state index in [1.54, 1.807) is 55.6 Å². The highest BCUT2D eigenvalue weighted by Gasteiger charge is 2.11. The third kappa shape index (κ3) is 8.85. The van der Waals surface area contributed by atoms with Crippen LogP contribution in [0, 0.1) is 0 Å². The van der Waals surface area contributed by atoms with Gasteiger partial charge in [0.2, 0.25) is 0 Å². The molecule has 0 aliphatic carbocycles. The number of nitrogens with zero attached hydrogens (tertiary/aromatic N) is 1. The number of nitrogens with one attached hydrogen (secondary N) is 3. The van der Waals surface area contributed by atoms with E-state index in [4.69, 9.17) is 21.1 Å². The van der Waals surface area contributed by atoms with Gasteiger partial charge >= 0.3 is 11.8 Å². The van der Waals surface area contributed by atoms with Gasteiger partial charge in [0.15, 0.2) is 6.61 Å². The highest BCUT2D eigenvalue weighted by Crippen LogP contribution is 2.16. The number of methoxy groups -OCH3 is 1. The van der Waals surface area contributed by atoms with Crippen LogP contribution in [0.25, 0.3) is 0 Å². The Morgan fingerprint density at radius 3 is 2.55 bits per heavy atom. The number of rotatable bonds is 10. The third-order valence-corrected chi connectivity index (χ3v) is 4.04. The zero-order chi connectivity index (χ0) is 22.5. The fourth-order valence-electron chi connectivity index (χ4n) is 2.30. The van der Waals surface area contributed by atoms with Gasteiger partial charge in [0.05, 0.1) is 6.21 Å². The topological polar surface area (TPSA) is 118 Å². The van der Waals surface area contributed by atoms with Crippen molar-refractivity contribution in [2.24, 2.45) is 5.10 Å². The SMILES string of the molecule is COCCCNC(=O)C(=O)N/N=C\c1ccccc1OCC(=O)Nc1ccc(Cl)cc1. The van der Waals surface area contributed by atoms with Gasteiger partial charge in [-0.2, -0.15) is 5.10 Å². The van der Waals surface area contributed by atoms with E-state index < -0.39 is 11.8 Å². The lowest BCUT2D eigenvalue weighted by Crippen LogP contribution is -2.38. The first kappa shape index (κ1) is 23.8. The van der Waals surface area contributed by atoms with E-state index in [2.05, 4.69) is 21.2 Å². The second-order valence-electron chi connectivity index (χ2n) is 6.18. The highest BCUT2D eigenvalue weighted by molar-refractivity contribution is 6.35. The molecule has 10 heteroatoms. The maximum atomic E-state index is 12.1. The zero-order valence-corrected chi connectivity index (χ0v) is 17.6. The summed E-state index contributed by atoms with van der Waals surface area (Å²) in [5.74, 6) is -1.66. The Kier molecular flexibility index (Phi) is 9.99. The van der Waals surface area contributed by atoms with Crippen LogP contribution in [0.15, 0.2) is 53.6 Å². The van der Waals surface area contributed by atoms with Crippen LogP contribution >= 0.6 is 11.6 Å². The molecule has 0 aliphatic heterocycles. The Bertz CT molecular complexity index is 918. The number of benzene rings is 2. The van der Waals surface area contributed by atoms with Gasteiger partial charge in [0, 0.05) is 36.5 Å². The van der Waals surface area contributed by atoms with E-state index in [0.29, 0.717) is 41.6 Å². The number of ether oxygens (including phenoxy) is 2. The summed E-state index contributed by atoms with van der Waals surface area (Å²) in [5, 5.41) is 9.48. The average molecular weight is 447 g/mol. The van der Waals surface area contributed by atoms with Gasteiger partial charge in [-0.25, -0.2) is 5.43 Å². The molecule has 0 radical (unpaired) electrons. The summed E-state index contributed by atoms with van der Waals surface area (Å²) in [5.41, 5.74) is 3.25. The first-order chi connectivity index (χ1) is 15.0. The molecule has 2 rings (SSSR count). The minimum absolute atomic E-state index is 0.232. The fraction of sp³-hybridized carbons (Fsp3) is 0.238. The molecule has 2 aromatic carbocycles. The van der Waals surface area contributed by atoms with Gasteiger partial charge in [0.25, 0.3) is 5.91 Å². The van der Waals surface area contributed by atoms with Crippen LogP contribution in [-0.2, 0) is 19.1 Å². The second-order valence-corrected chi connectivity index (χ2v) is 6.62. The first-order valence-corrected chi connectivity index (χ1v) is 9.75. The Hall–Kier alpha value is -3.43. The Morgan fingerprint density at radius 1 is 1.06 bits per heavy atom. The summed E-state index contributed by atoms with van der Waals surface area (Å²) in [7, 11) is 1.55. The lowest BCUT2D eigenvalue weighted by atomic mass is 10.2. The quantitative estimate of drug-likeness (QED) is 0.223. The smallest absolute Gasteiger partial charge is 0.329 e. The lowest BCUT2D eigenvalue weighted by molar-refractivity contribution is -0.139. The van der Waals surface area contributed by atoms with E-state index in [-0.39, 0.29) is 12.5 Å². The van der Waals surface area contributed by atoms with E-state index in [0.717, 1.165) is 0 Å². The van der Waals surface area contributed by atoms with Crippen molar-refractivity contribution in [3.05, 3.63) is 59.1 Å². The number of halogens is 1. The zero-order valence-electron chi connectivity index (χ0n) is 16.9. The molecule has 9 nitrogen and oxygen atoms in total. The molecule has 3 N–H and O–H groups in total. The number of hydrogen-bond acceptors (Lipinski definition) is 6. The van der Waals surface area contributed by atoms with Crippen molar-refractivity contribution < 1.29 is 23.9 Å². The second kappa shape index (κ2) is 13.0. The maximum Gasteiger partial charge on any atom is 0.329 e. The van der Waals surface area contributed by atoms with Crippen molar-refractivity contribution in [3.63, 3.8) is 0 Å². The summed E-state index contributed by atoms with van der Waals surface area (Å²) in [6.07, 6.45) is 1.91. The van der Waals surface area contributed by atoms with Gasteiger partial charge in [0.1, 0.15) is 5.75 Å². The molecule has 0 heterocycles. The number of carbonyl (C=O) groups is 3. The Morgan fingerprint density at radius 2 is 1.81 bits per heavy atom. The van der Waals surface area contributed by atoms with Crippen LogP contribution in [0.2, 0.25) is 5.02 Å². The summed E-state index contributed by atoms with van der Waals surface area (Å²) in [4.78, 5) is 35.5. The van der Waals surface area contributed by atoms with E-state index in [9.17, 15) is 14.4 Å². The Balaban J connectivity index is 1.84. The summed E-state index contributed by atoms with van der Waals surface area (Å²) < 4.78 is 10.4. The van der Waals surface area contributed by atoms with Gasteiger partial charge in [-0.3, -0.25) is 14.4 Å². The van der Waals surface area contributed by atoms with Crippen LogP contribution < -0.4 is 20.8 Å². The van der Waals surface area contributed by atoms with Crippen molar-refractivity contribution in [2.45, 2.75) is 6.42 Å². The van der Waals surface area contributed by atoms with Crippen molar-refractivity contribution in [3.8, 4) is 5.75 Å². The average Bonchev–Trinajstić information content (AvgIpc) is 2.77. The largest absolute Gasteiger partial charge is 0.483 e. The summed E-state index contributed by atoms with van der Waals surface area (Å²) in [6.45, 7) is 0.566. The van der Waals surface area contributed by atoms with E-state index in [1.807, 2.05) is 0 Å². The highest BCUT2D eigenvalue weighted by atomic mass is 35.5. The number of hydrogen-bond donors (Lipinski definition) is 3. The molecular formula is C21H23ClN4O5. The molecule has 0 bridgehead atoms. The molecule has 0 aliphatic rings. The van der Waals surface area contributed by atoms with Crippen molar-refractivity contribution in [1.29, 1.82) is 0 Å². The Labute approximate surface area is 184 Å². The predicted molar refractivity (Wildman–Crippen MR) is 117 cm³/mol. The van der Waals surface area contributed by atoms with E-state index >= 15 is 0 Å². The molecule has 0 saturated heterocycles. The van der Waals surface area contributed by atoms with Crippen LogP contribution in [0.1, 0.15) is 12.0 Å². The molecule has 0 fully saturated rings. The van der Waals surface area contributed by atoms with E-state index in [1.165, 1.54) is 6.21 Å². The number of amides is 3. The van der Waals surface area contributed by atoms with Crippen molar-refractivity contribution >= 4 is 41.2 Å². The summed E-state index contributed by atoms with van der Waals surface area (Å²) >= 11 is 5.82. The van der Waals surface area contributed by atoms with Gasteiger partial charge in [-0.1, -0.05) is 23.7 Å². The normalized spacial score (nSPS) is 10.5. The molecule has 0 aromatic heterocycles. The molecule has 0 atom stereocenters. The van der Waals surface area contributed by atoms with Crippen LogP contribution in [0.5, 0.6) is 5.75 Å². The lowest BCUT2D eigenvalue weighted by Gasteiger charge is -2.09. The maximum absolute atomic E-state index is 12.1. The monoisotopic (exact) mass is 446 g/mol. The molecule has 3 amide bonds. The number of carbonyl (C=O) groups excluding carboxylic acids is 3. The predicted octanol–water partition coefficient (Wildman–Crippen LogP) is 1.96. The minimum Gasteiger partial charge on any atom is -0.483 e. The molecule has 0 saturated carbocycles. The minimum atomic E-state index is -0.894. The van der Waals surface area contributed by atoms with Gasteiger partial charge in [-0.15, -0.1) is 0 Å². The molecule has 31 heavy (non-hydrogen) atoms. The van der Waals surface area contributed by atoms with Crippen LogP contribution in [0.4, 0.5) is 5.69 Å². The summed E-state index contributed by atoms with van der Waals surface area (Å²) in [6, 6.07) is 13.5. The van der Waals surface area contributed by atoms with Crippen molar-refractivity contribution in [1.82, 2.24) is 10.7 Å². The van der Waals surface area contributed by atoms with Crippen LogP contribution in [-0.4, -0.2) is 50.8 Å². The molecule has 164 valence electrons. The fourth-order valence-corrected chi connectivity index (χ4v) is 2.43. The number of hydrazone groups is 1. The standard InChI is InChI=1S/C21H23ClN4O5/c1-30-12-4-11-23-20(28)21(29)26-24-13-15-5-2-3-6-18(15)31-14-19(27)25-17-9-7-16(22)8-10-17/h2-3,5-10,13H,4,11-12,14H2,1H3,(H,23,28)(H,25,27)(H,26,29)/b24-13-. The van der Waals surface area contributed by atoms with Crippen molar-refractivity contribution in [2.75, 3.05) is 32.2 Å². The molecule has 0 spiro atoms. The number of anilines is 1. The molecule has 2 aromatic rings. The third-order valence-electron chi connectivity index (χ3n) is 3.79. The number of para-hydroxylation sites is 1. The van der Waals surface area contributed by atoms with Crippen LogP contribution in [0.3, 0.4) is 0 Å². The first-order valence-electron chi connectivity index (χ1n) is 9.37. The van der Waals surface area contributed by atoms with Gasteiger partial charge in [-0.05, 0) is 42.8 Å².